The van der Waals surface area contributed by atoms with Crippen molar-refractivity contribution in [2.45, 2.75) is 26.9 Å². The van der Waals surface area contributed by atoms with Gasteiger partial charge >= 0.3 is 0 Å². The van der Waals surface area contributed by atoms with Crippen molar-refractivity contribution in [3.05, 3.63) is 35.1 Å². The van der Waals surface area contributed by atoms with Crippen LogP contribution in [0.15, 0.2) is 18.2 Å². The molecule has 1 aromatic rings. The Hall–Kier alpha value is -1.37. The maximum Gasteiger partial charge on any atom is 0.129 e. The van der Waals surface area contributed by atoms with E-state index >= 15 is 0 Å². The molecule has 0 aliphatic rings. The first kappa shape index (κ1) is 14.7. The fourth-order valence-corrected chi connectivity index (χ4v) is 1.37. The number of ether oxygens (including phenoxy) is 1. The van der Waals surface area contributed by atoms with E-state index in [0.29, 0.717) is 30.1 Å². The Morgan fingerprint density at radius 2 is 2.17 bits per heavy atom. The molecule has 0 aliphatic heterocycles. The number of aliphatic hydroxyl groups is 1. The lowest BCUT2D eigenvalue weighted by Crippen LogP contribution is -2.03. The average molecular weight is 250 g/mol. The molecule has 0 saturated carbocycles. The summed E-state index contributed by atoms with van der Waals surface area (Å²) >= 11 is 0. The summed E-state index contributed by atoms with van der Waals surface area (Å²) in [4.78, 5) is 0. The molecular weight excluding hydrogens is 231 g/mol. The second-order valence-electron chi connectivity index (χ2n) is 4.49. The fraction of sp³-hybridized carbons (Fsp3) is 0.467. The molecule has 0 amide bonds. The highest BCUT2D eigenvalue weighted by Crippen LogP contribution is 2.11. The second kappa shape index (κ2) is 7.86. The zero-order valence-corrected chi connectivity index (χ0v) is 10.9. The van der Waals surface area contributed by atoms with Crippen LogP contribution in [0.4, 0.5) is 4.39 Å². The molecule has 1 N–H and O–H groups in total. The van der Waals surface area contributed by atoms with Crippen molar-refractivity contribution in [2.75, 3.05) is 13.2 Å². The molecule has 0 unspecified atom stereocenters. The van der Waals surface area contributed by atoms with Gasteiger partial charge in [0.15, 0.2) is 0 Å². The molecule has 0 radical (unpaired) electrons. The molecule has 0 aromatic heterocycles. The Labute approximate surface area is 108 Å². The van der Waals surface area contributed by atoms with E-state index in [4.69, 9.17) is 9.84 Å². The first-order valence-electron chi connectivity index (χ1n) is 6.09. The van der Waals surface area contributed by atoms with E-state index in [0.717, 1.165) is 0 Å². The smallest absolute Gasteiger partial charge is 0.129 e. The first-order valence-corrected chi connectivity index (χ1v) is 6.09. The fourth-order valence-electron chi connectivity index (χ4n) is 1.37. The Morgan fingerprint density at radius 1 is 1.39 bits per heavy atom. The summed E-state index contributed by atoms with van der Waals surface area (Å²) in [7, 11) is 0. The van der Waals surface area contributed by atoms with E-state index in [1.807, 2.05) is 0 Å². The lowest BCUT2D eigenvalue weighted by Gasteiger charge is -2.07. The molecule has 18 heavy (non-hydrogen) atoms. The van der Waals surface area contributed by atoms with Crippen molar-refractivity contribution >= 4 is 0 Å². The maximum atomic E-state index is 13.7. The lowest BCUT2D eigenvalue weighted by atomic mass is 10.1. The Kier molecular flexibility index (Phi) is 6.42. The molecule has 3 heteroatoms. The normalized spacial score (nSPS) is 10.3. The number of aliphatic hydroxyl groups excluding tert-OH is 1. The highest BCUT2D eigenvalue weighted by Gasteiger charge is 2.03. The van der Waals surface area contributed by atoms with Crippen LogP contribution in [0.3, 0.4) is 0 Å². The van der Waals surface area contributed by atoms with E-state index in [-0.39, 0.29) is 19.0 Å². The summed E-state index contributed by atoms with van der Waals surface area (Å²) in [5.41, 5.74) is 1.16. The van der Waals surface area contributed by atoms with Gasteiger partial charge in [-0.15, -0.1) is 0 Å². The first-order chi connectivity index (χ1) is 8.63. The van der Waals surface area contributed by atoms with Gasteiger partial charge in [0.2, 0.25) is 0 Å². The quantitative estimate of drug-likeness (QED) is 0.814. The van der Waals surface area contributed by atoms with E-state index in [1.165, 1.54) is 6.07 Å². The van der Waals surface area contributed by atoms with Crippen molar-refractivity contribution < 1.29 is 14.2 Å². The van der Waals surface area contributed by atoms with E-state index < -0.39 is 0 Å². The van der Waals surface area contributed by atoms with Crippen molar-refractivity contribution in [3.8, 4) is 11.8 Å². The number of halogens is 1. The second-order valence-corrected chi connectivity index (χ2v) is 4.49. The number of benzene rings is 1. The largest absolute Gasteiger partial charge is 0.395 e. The topological polar surface area (TPSA) is 29.5 Å². The summed E-state index contributed by atoms with van der Waals surface area (Å²) in [5.74, 6) is 5.70. The Morgan fingerprint density at radius 3 is 2.78 bits per heavy atom. The maximum absolute atomic E-state index is 13.7. The van der Waals surface area contributed by atoms with Crippen LogP contribution in [0.2, 0.25) is 0 Å². The van der Waals surface area contributed by atoms with Gasteiger partial charge < -0.3 is 9.84 Å². The molecule has 1 rings (SSSR count). The highest BCUT2D eigenvalue weighted by atomic mass is 19.1. The van der Waals surface area contributed by atoms with Gasteiger partial charge in [-0.25, -0.2) is 4.39 Å². The van der Waals surface area contributed by atoms with Gasteiger partial charge in [0, 0.05) is 24.2 Å². The van der Waals surface area contributed by atoms with Crippen molar-refractivity contribution in [1.82, 2.24) is 0 Å². The third kappa shape index (κ3) is 5.31. The van der Waals surface area contributed by atoms with Crippen LogP contribution >= 0.6 is 0 Å². The van der Waals surface area contributed by atoms with Gasteiger partial charge in [-0.05, 0) is 18.1 Å². The van der Waals surface area contributed by atoms with E-state index in [2.05, 4.69) is 25.7 Å². The van der Waals surface area contributed by atoms with E-state index in [1.54, 1.807) is 12.1 Å². The predicted octanol–water partition coefficient (Wildman–Crippen LogP) is 2.73. The third-order valence-electron chi connectivity index (χ3n) is 2.23. The molecule has 0 aliphatic carbocycles. The molecule has 2 nitrogen and oxygen atoms in total. The molecule has 0 saturated heterocycles. The van der Waals surface area contributed by atoms with Crippen LogP contribution in [-0.4, -0.2) is 18.3 Å². The lowest BCUT2D eigenvalue weighted by molar-refractivity contribution is 0.0950. The summed E-state index contributed by atoms with van der Waals surface area (Å²) in [6, 6.07) is 4.86. The minimum absolute atomic E-state index is 0.0244. The van der Waals surface area contributed by atoms with Gasteiger partial charge in [0.25, 0.3) is 0 Å². The third-order valence-corrected chi connectivity index (χ3v) is 2.23. The number of hydrogen-bond donors (Lipinski definition) is 1. The number of rotatable bonds is 5. The summed E-state index contributed by atoms with van der Waals surface area (Å²) in [6.07, 6.45) is 0.404. The standard InChI is InChI=1S/C15H19FO2/c1-12(2)10-18-11-14-7-6-13(9-15(14)16)5-3-4-8-17/h6-7,9,12,17H,4,8,10-11H2,1-2H3. The van der Waals surface area contributed by atoms with Crippen LogP contribution in [-0.2, 0) is 11.3 Å². The zero-order valence-electron chi connectivity index (χ0n) is 10.9. The van der Waals surface area contributed by atoms with Crippen molar-refractivity contribution in [1.29, 1.82) is 0 Å². The Bertz CT molecular complexity index is 430. The molecule has 0 bridgehead atoms. The van der Waals surface area contributed by atoms with E-state index in [9.17, 15) is 4.39 Å². The molecule has 0 spiro atoms. The zero-order chi connectivity index (χ0) is 13.4. The van der Waals surface area contributed by atoms with Gasteiger partial charge in [-0.1, -0.05) is 31.8 Å². The molecular formula is C15H19FO2. The summed E-state index contributed by atoms with van der Waals surface area (Å²) in [6.45, 7) is 5.04. The average Bonchev–Trinajstić information content (AvgIpc) is 2.32. The van der Waals surface area contributed by atoms with Gasteiger partial charge in [0.05, 0.1) is 13.2 Å². The van der Waals surface area contributed by atoms with Crippen molar-refractivity contribution in [2.24, 2.45) is 5.92 Å². The molecule has 98 valence electrons. The van der Waals surface area contributed by atoms with Crippen LogP contribution in [0, 0.1) is 23.6 Å². The van der Waals surface area contributed by atoms with Gasteiger partial charge in [-0.2, -0.15) is 0 Å². The van der Waals surface area contributed by atoms with Crippen LogP contribution in [0.25, 0.3) is 0 Å². The Balaban J connectivity index is 2.60. The van der Waals surface area contributed by atoms with Gasteiger partial charge in [-0.3, -0.25) is 0 Å². The predicted molar refractivity (Wildman–Crippen MR) is 69.5 cm³/mol. The van der Waals surface area contributed by atoms with Crippen LogP contribution in [0.5, 0.6) is 0 Å². The highest BCUT2D eigenvalue weighted by molar-refractivity contribution is 5.36. The summed E-state index contributed by atoms with van der Waals surface area (Å²) < 4.78 is 19.1. The number of hydrogen-bond acceptors (Lipinski definition) is 2. The minimum Gasteiger partial charge on any atom is -0.395 e. The summed E-state index contributed by atoms with van der Waals surface area (Å²) in [5, 5.41) is 8.59. The molecule has 0 heterocycles. The minimum atomic E-state index is -0.297. The SMILES string of the molecule is CC(C)COCc1ccc(C#CCCO)cc1F. The molecule has 1 aromatic carbocycles. The van der Waals surface area contributed by atoms with Crippen LogP contribution in [0.1, 0.15) is 31.4 Å². The monoisotopic (exact) mass is 250 g/mol. The van der Waals surface area contributed by atoms with Gasteiger partial charge in [0.1, 0.15) is 5.82 Å². The van der Waals surface area contributed by atoms with Crippen LogP contribution < -0.4 is 0 Å². The molecule has 0 atom stereocenters. The van der Waals surface area contributed by atoms with Crippen molar-refractivity contribution in [3.63, 3.8) is 0 Å². The molecule has 0 fully saturated rings.